The van der Waals surface area contributed by atoms with Crippen LogP contribution in [0.1, 0.15) is 31.0 Å². The minimum atomic E-state index is -0.703. The maximum absolute atomic E-state index is 14.1. The molecule has 0 amide bonds. The number of halogens is 1. The number of para-hydroxylation sites is 1. The van der Waals surface area contributed by atoms with Gasteiger partial charge in [-0.25, -0.2) is 14.5 Å². The van der Waals surface area contributed by atoms with Gasteiger partial charge in [0.2, 0.25) is 0 Å². The lowest BCUT2D eigenvalue weighted by atomic mass is 9.96. The minimum Gasteiger partial charge on any atom is -0.463 e. The first-order valence-corrected chi connectivity index (χ1v) is 14.3. The van der Waals surface area contributed by atoms with E-state index in [4.69, 9.17) is 21.4 Å². The fourth-order valence-corrected chi connectivity index (χ4v) is 6.08. The fraction of sp³-hybridized carbons (Fsp3) is 0.125. The second kappa shape index (κ2) is 11.2. The number of aromatic nitrogens is 3. The molecule has 5 aromatic rings. The van der Waals surface area contributed by atoms with Crippen molar-refractivity contribution in [1.82, 2.24) is 14.3 Å². The molecule has 1 unspecified atom stereocenters. The number of hydrogen-bond donors (Lipinski definition) is 0. The van der Waals surface area contributed by atoms with Gasteiger partial charge in [-0.3, -0.25) is 9.36 Å². The summed E-state index contributed by atoms with van der Waals surface area (Å²) in [5.41, 5.74) is 4.69. The van der Waals surface area contributed by atoms with E-state index in [1.165, 1.54) is 11.3 Å². The summed E-state index contributed by atoms with van der Waals surface area (Å²) in [5.74, 6) is -0.501. The lowest BCUT2D eigenvalue weighted by Crippen LogP contribution is -2.39. The molecule has 204 valence electrons. The third-order valence-corrected chi connectivity index (χ3v) is 8.03. The number of rotatable bonds is 6. The Hall–Kier alpha value is -4.53. The summed E-state index contributed by atoms with van der Waals surface area (Å²) in [6, 6.07) is 26.1. The standard InChI is InChI=1S/C32H25ClN4O3S/c1-3-40-31(39)27-20(2)34-32-37(29(27)22-14-16-24(33)17-15-22)30(38)26(41-32)18-23-19-36(25-12-8-5-9-13-25)35-28(23)21-10-6-4-7-11-21/h4-19,29H,3H2,1-2H3/b26-18+. The number of thiazole rings is 1. The molecular weight excluding hydrogens is 556 g/mol. The maximum atomic E-state index is 14.1. The Bertz CT molecular complexity index is 1960. The third-order valence-electron chi connectivity index (χ3n) is 6.80. The molecule has 0 spiro atoms. The molecule has 1 aliphatic heterocycles. The number of carbonyl (C=O) groups is 1. The number of fused-ring (bicyclic) bond motifs is 1. The van der Waals surface area contributed by atoms with Crippen LogP contribution >= 0.6 is 22.9 Å². The first kappa shape index (κ1) is 26.7. The molecule has 0 saturated carbocycles. The zero-order valence-corrected chi connectivity index (χ0v) is 23.9. The molecule has 3 aromatic carbocycles. The van der Waals surface area contributed by atoms with Gasteiger partial charge in [0.15, 0.2) is 4.80 Å². The Kier molecular flexibility index (Phi) is 7.26. The van der Waals surface area contributed by atoms with Crippen molar-refractivity contribution in [3.63, 3.8) is 0 Å². The van der Waals surface area contributed by atoms with Gasteiger partial charge in [0.1, 0.15) is 0 Å². The summed E-state index contributed by atoms with van der Waals surface area (Å²) >= 11 is 7.44. The van der Waals surface area contributed by atoms with Gasteiger partial charge in [0, 0.05) is 22.3 Å². The van der Waals surface area contributed by atoms with Crippen LogP contribution in [0.25, 0.3) is 23.0 Å². The zero-order valence-electron chi connectivity index (χ0n) is 22.3. The van der Waals surface area contributed by atoms with Crippen molar-refractivity contribution in [2.75, 3.05) is 6.61 Å². The van der Waals surface area contributed by atoms with Gasteiger partial charge in [-0.2, -0.15) is 5.10 Å². The van der Waals surface area contributed by atoms with E-state index in [1.807, 2.05) is 89.8 Å². The predicted octanol–water partition coefficient (Wildman–Crippen LogP) is 5.30. The Morgan fingerprint density at radius 2 is 1.71 bits per heavy atom. The average molecular weight is 581 g/mol. The van der Waals surface area contributed by atoms with Crippen molar-refractivity contribution in [2.45, 2.75) is 19.9 Å². The molecule has 9 heteroatoms. The maximum Gasteiger partial charge on any atom is 0.338 e. The van der Waals surface area contributed by atoms with E-state index in [0.717, 1.165) is 28.1 Å². The van der Waals surface area contributed by atoms with Crippen LogP contribution in [0.5, 0.6) is 0 Å². The summed E-state index contributed by atoms with van der Waals surface area (Å²) in [7, 11) is 0. The van der Waals surface area contributed by atoms with E-state index in [2.05, 4.69) is 4.99 Å². The lowest BCUT2D eigenvalue weighted by Gasteiger charge is -2.24. The largest absolute Gasteiger partial charge is 0.463 e. The second-order valence-corrected chi connectivity index (χ2v) is 10.9. The van der Waals surface area contributed by atoms with Gasteiger partial charge < -0.3 is 4.74 Å². The zero-order chi connectivity index (χ0) is 28.5. The summed E-state index contributed by atoms with van der Waals surface area (Å²) in [6.07, 6.45) is 3.77. The molecule has 1 aliphatic rings. The first-order valence-electron chi connectivity index (χ1n) is 13.1. The van der Waals surface area contributed by atoms with Crippen molar-refractivity contribution in [3.05, 3.63) is 138 Å². The van der Waals surface area contributed by atoms with Crippen LogP contribution in [0, 0.1) is 0 Å². The van der Waals surface area contributed by atoms with Gasteiger partial charge in [-0.15, -0.1) is 0 Å². The Balaban J connectivity index is 1.56. The van der Waals surface area contributed by atoms with Crippen molar-refractivity contribution in [2.24, 2.45) is 4.99 Å². The van der Waals surface area contributed by atoms with Gasteiger partial charge in [0.25, 0.3) is 5.56 Å². The molecule has 3 heterocycles. The molecule has 0 radical (unpaired) electrons. The van der Waals surface area contributed by atoms with Crippen LogP contribution in [0.2, 0.25) is 5.02 Å². The van der Waals surface area contributed by atoms with Gasteiger partial charge >= 0.3 is 5.97 Å². The Morgan fingerprint density at radius 3 is 2.39 bits per heavy atom. The Morgan fingerprint density at radius 1 is 1.02 bits per heavy atom. The van der Waals surface area contributed by atoms with E-state index < -0.39 is 12.0 Å². The highest BCUT2D eigenvalue weighted by Gasteiger charge is 2.33. The number of nitrogens with zero attached hydrogens (tertiary/aromatic N) is 4. The molecule has 0 N–H and O–H groups in total. The van der Waals surface area contributed by atoms with E-state index in [9.17, 15) is 9.59 Å². The van der Waals surface area contributed by atoms with E-state index >= 15 is 0 Å². The molecule has 2 aromatic heterocycles. The Labute approximate surface area is 245 Å². The summed E-state index contributed by atoms with van der Waals surface area (Å²) in [6.45, 7) is 3.73. The molecule has 1 atom stereocenters. The quantitative estimate of drug-likeness (QED) is 0.255. The molecule has 7 nitrogen and oxygen atoms in total. The van der Waals surface area contributed by atoms with Crippen molar-refractivity contribution >= 4 is 35.0 Å². The van der Waals surface area contributed by atoms with E-state index in [1.54, 1.807) is 30.5 Å². The van der Waals surface area contributed by atoms with Gasteiger partial charge in [-0.05, 0) is 49.8 Å². The number of carbonyl (C=O) groups excluding carboxylic acids is 1. The molecular formula is C32H25ClN4O3S. The number of ether oxygens (including phenoxy) is 1. The number of allylic oxidation sites excluding steroid dienone is 1. The molecule has 0 bridgehead atoms. The van der Waals surface area contributed by atoms with Crippen LogP contribution in [-0.2, 0) is 9.53 Å². The molecule has 0 saturated heterocycles. The topological polar surface area (TPSA) is 78.5 Å². The highest BCUT2D eigenvalue weighted by atomic mass is 35.5. The van der Waals surface area contributed by atoms with Crippen molar-refractivity contribution in [3.8, 4) is 16.9 Å². The molecule has 0 fully saturated rings. The highest BCUT2D eigenvalue weighted by Crippen LogP contribution is 2.31. The van der Waals surface area contributed by atoms with Gasteiger partial charge in [0.05, 0.1) is 39.8 Å². The van der Waals surface area contributed by atoms with E-state index in [0.29, 0.717) is 25.6 Å². The molecule has 0 aliphatic carbocycles. The van der Waals surface area contributed by atoms with Crippen LogP contribution in [0.4, 0.5) is 0 Å². The third kappa shape index (κ3) is 5.08. The number of esters is 1. The monoisotopic (exact) mass is 580 g/mol. The van der Waals surface area contributed by atoms with Crippen LogP contribution in [0.3, 0.4) is 0 Å². The van der Waals surface area contributed by atoms with Crippen molar-refractivity contribution < 1.29 is 9.53 Å². The normalized spacial score (nSPS) is 15.0. The predicted molar refractivity (Wildman–Crippen MR) is 161 cm³/mol. The van der Waals surface area contributed by atoms with Crippen LogP contribution in [-0.4, -0.2) is 26.9 Å². The fourth-order valence-electron chi connectivity index (χ4n) is 4.92. The molecule has 41 heavy (non-hydrogen) atoms. The summed E-state index contributed by atoms with van der Waals surface area (Å²) < 4.78 is 9.24. The summed E-state index contributed by atoms with van der Waals surface area (Å²) in [4.78, 5) is 32.4. The van der Waals surface area contributed by atoms with Crippen molar-refractivity contribution in [1.29, 1.82) is 0 Å². The highest BCUT2D eigenvalue weighted by molar-refractivity contribution is 7.07. The first-order chi connectivity index (χ1) is 19.9. The smallest absolute Gasteiger partial charge is 0.338 e. The van der Waals surface area contributed by atoms with Gasteiger partial charge in [-0.1, -0.05) is 83.6 Å². The summed E-state index contributed by atoms with van der Waals surface area (Å²) in [5, 5.41) is 5.43. The number of benzene rings is 3. The second-order valence-electron chi connectivity index (χ2n) is 9.43. The SMILES string of the molecule is CCOC(=O)C1=C(C)N=c2s/c(=C/c3cn(-c4ccccc4)nc3-c3ccccc3)c(=O)n2C1c1ccc(Cl)cc1. The van der Waals surface area contributed by atoms with Crippen LogP contribution in [0.15, 0.2) is 112 Å². The average Bonchev–Trinajstić information content (AvgIpc) is 3.54. The van der Waals surface area contributed by atoms with Crippen LogP contribution < -0.4 is 14.9 Å². The minimum absolute atomic E-state index is 0.209. The lowest BCUT2D eigenvalue weighted by molar-refractivity contribution is -0.139. The number of hydrogen-bond acceptors (Lipinski definition) is 6. The molecule has 6 rings (SSSR count). The van der Waals surface area contributed by atoms with E-state index in [-0.39, 0.29) is 12.2 Å².